The van der Waals surface area contributed by atoms with Gasteiger partial charge in [-0.2, -0.15) is 0 Å². The summed E-state index contributed by atoms with van der Waals surface area (Å²) in [5.41, 5.74) is 3.18. The second kappa shape index (κ2) is 6.40. The van der Waals surface area contributed by atoms with Crippen molar-refractivity contribution in [3.05, 3.63) is 29.3 Å². The first-order valence-corrected chi connectivity index (χ1v) is 9.53. The van der Waals surface area contributed by atoms with E-state index in [1.165, 1.54) is 32.1 Å². The highest BCUT2D eigenvalue weighted by molar-refractivity contribution is 5.91. The minimum atomic E-state index is -0.0460. The van der Waals surface area contributed by atoms with E-state index in [0.29, 0.717) is 18.1 Å². The monoisotopic (exact) mass is 327 g/mol. The Bertz CT molecular complexity index is 591. The van der Waals surface area contributed by atoms with Crippen LogP contribution in [-0.2, 0) is 0 Å². The minimum Gasteiger partial charge on any atom is -0.335 e. The van der Waals surface area contributed by atoms with Gasteiger partial charge in [-0.25, -0.2) is 4.79 Å². The number of rotatable bonds is 3. The Hall–Kier alpha value is -1.55. The lowest BCUT2D eigenvalue weighted by Crippen LogP contribution is -2.58. The third-order valence-electron chi connectivity index (χ3n) is 6.05. The van der Waals surface area contributed by atoms with Crippen molar-refractivity contribution in [2.75, 3.05) is 5.32 Å². The zero-order chi connectivity index (χ0) is 16.7. The maximum absolute atomic E-state index is 12.5. The van der Waals surface area contributed by atoms with Gasteiger partial charge in [0.15, 0.2) is 0 Å². The SMILES string of the molecule is Cc1cccc(C)c1NC(=O)NC1C[C@H]2CCC[C@H](C1)N2C1CC1. The molecule has 2 atom stereocenters. The van der Waals surface area contributed by atoms with Crippen LogP contribution in [0, 0.1) is 13.8 Å². The smallest absolute Gasteiger partial charge is 0.319 e. The summed E-state index contributed by atoms with van der Waals surface area (Å²) in [6.07, 6.45) is 8.99. The number of piperidine rings is 2. The lowest BCUT2D eigenvalue weighted by molar-refractivity contribution is 0.0198. The van der Waals surface area contributed by atoms with E-state index in [9.17, 15) is 4.79 Å². The second-order valence-electron chi connectivity index (χ2n) is 7.95. The number of anilines is 1. The molecule has 3 fully saturated rings. The van der Waals surface area contributed by atoms with E-state index < -0.39 is 0 Å². The highest BCUT2D eigenvalue weighted by Crippen LogP contribution is 2.41. The van der Waals surface area contributed by atoms with Gasteiger partial charge in [0, 0.05) is 29.9 Å². The molecule has 0 spiro atoms. The number of amides is 2. The van der Waals surface area contributed by atoms with Crippen LogP contribution in [0.2, 0.25) is 0 Å². The molecule has 24 heavy (non-hydrogen) atoms. The Kier molecular flexibility index (Phi) is 4.25. The molecule has 0 aromatic heterocycles. The molecular weight excluding hydrogens is 298 g/mol. The average molecular weight is 327 g/mol. The predicted molar refractivity (Wildman–Crippen MR) is 97.4 cm³/mol. The number of hydrogen-bond donors (Lipinski definition) is 2. The largest absolute Gasteiger partial charge is 0.335 e. The summed E-state index contributed by atoms with van der Waals surface area (Å²) in [5, 5.41) is 6.33. The fourth-order valence-electron chi connectivity index (χ4n) is 4.85. The normalized spacial score (nSPS) is 30.0. The topological polar surface area (TPSA) is 44.4 Å². The van der Waals surface area contributed by atoms with Gasteiger partial charge in [-0.15, -0.1) is 0 Å². The summed E-state index contributed by atoms with van der Waals surface area (Å²) in [5.74, 6) is 0. The van der Waals surface area contributed by atoms with E-state index in [0.717, 1.165) is 35.7 Å². The van der Waals surface area contributed by atoms with Crippen LogP contribution in [0.4, 0.5) is 10.5 Å². The zero-order valence-electron chi connectivity index (χ0n) is 14.8. The lowest BCUT2D eigenvalue weighted by atomic mass is 9.81. The number of carbonyl (C=O) groups is 1. The maximum atomic E-state index is 12.5. The van der Waals surface area contributed by atoms with Crippen LogP contribution in [0.15, 0.2) is 18.2 Å². The molecule has 1 aromatic carbocycles. The van der Waals surface area contributed by atoms with Gasteiger partial charge in [-0.3, -0.25) is 4.90 Å². The molecule has 4 heteroatoms. The number of fused-ring (bicyclic) bond motifs is 2. The molecule has 2 aliphatic heterocycles. The third kappa shape index (κ3) is 3.16. The van der Waals surface area contributed by atoms with Gasteiger partial charge in [0.25, 0.3) is 0 Å². The molecule has 3 aliphatic rings. The van der Waals surface area contributed by atoms with Crippen molar-refractivity contribution in [1.29, 1.82) is 0 Å². The van der Waals surface area contributed by atoms with Crippen molar-refractivity contribution in [2.24, 2.45) is 0 Å². The van der Waals surface area contributed by atoms with Gasteiger partial charge in [-0.1, -0.05) is 24.6 Å². The van der Waals surface area contributed by atoms with Crippen molar-refractivity contribution in [2.45, 2.75) is 83.0 Å². The summed E-state index contributed by atoms with van der Waals surface area (Å²) in [7, 11) is 0. The minimum absolute atomic E-state index is 0.0460. The van der Waals surface area contributed by atoms with Crippen molar-refractivity contribution in [3.8, 4) is 0 Å². The number of carbonyl (C=O) groups excluding carboxylic acids is 1. The fourth-order valence-corrected chi connectivity index (χ4v) is 4.85. The molecule has 1 saturated carbocycles. The highest BCUT2D eigenvalue weighted by atomic mass is 16.2. The summed E-state index contributed by atoms with van der Waals surface area (Å²) in [4.78, 5) is 15.3. The fraction of sp³-hybridized carbons (Fsp3) is 0.650. The van der Waals surface area contributed by atoms with Crippen molar-refractivity contribution >= 4 is 11.7 Å². The molecular formula is C20H29N3O. The second-order valence-corrected chi connectivity index (χ2v) is 7.95. The van der Waals surface area contributed by atoms with Crippen LogP contribution in [0.3, 0.4) is 0 Å². The van der Waals surface area contributed by atoms with E-state index in [1.807, 2.05) is 32.0 Å². The van der Waals surface area contributed by atoms with Gasteiger partial charge < -0.3 is 10.6 Å². The third-order valence-corrected chi connectivity index (χ3v) is 6.05. The predicted octanol–water partition coefficient (Wildman–Crippen LogP) is 3.97. The Morgan fingerprint density at radius 1 is 1.00 bits per heavy atom. The molecule has 2 saturated heterocycles. The van der Waals surface area contributed by atoms with E-state index in [2.05, 4.69) is 15.5 Å². The Morgan fingerprint density at radius 2 is 1.62 bits per heavy atom. The number of aryl methyl sites for hydroxylation is 2. The van der Waals surface area contributed by atoms with Crippen molar-refractivity contribution in [1.82, 2.24) is 10.2 Å². The van der Waals surface area contributed by atoms with Crippen LogP contribution >= 0.6 is 0 Å². The molecule has 4 nitrogen and oxygen atoms in total. The first-order valence-electron chi connectivity index (χ1n) is 9.53. The van der Waals surface area contributed by atoms with E-state index >= 15 is 0 Å². The summed E-state index contributed by atoms with van der Waals surface area (Å²) < 4.78 is 0. The van der Waals surface area contributed by atoms with Crippen LogP contribution in [-0.4, -0.2) is 35.1 Å². The number of para-hydroxylation sites is 1. The lowest BCUT2D eigenvalue weighted by Gasteiger charge is -2.49. The Morgan fingerprint density at radius 3 is 2.21 bits per heavy atom. The van der Waals surface area contributed by atoms with E-state index in [-0.39, 0.29) is 6.03 Å². The van der Waals surface area contributed by atoms with Crippen LogP contribution in [0.25, 0.3) is 0 Å². The van der Waals surface area contributed by atoms with Gasteiger partial charge >= 0.3 is 6.03 Å². The van der Waals surface area contributed by atoms with Gasteiger partial charge in [-0.05, 0) is 63.5 Å². The van der Waals surface area contributed by atoms with Crippen LogP contribution in [0.1, 0.15) is 56.1 Å². The Labute approximate surface area is 145 Å². The number of nitrogens with zero attached hydrogens (tertiary/aromatic N) is 1. The molecule has 1 aliphatic carbocycles. The first-order chi connectivity index (χ1) is 11.6. The first kappa shape index (κ1) is 15.9. The van der Waals surface area contributed by atoms with Crippen LogP contribution in [0.5, 0.6) is 0 Å². The summed E-state index contributed by atoms with van der Waals surface area (Å²) >= 11 is 0. The number of benzene rings is 1. The molecule has 2 bridgehead atoms. The molecule has 0 radical (unpaired) electrons. The summed E-state index contributed by atoms with van der Waals surface area (Å²) in [6, 6.07) is 8.62. The molecule has 0 unspecified atom stereocenters. The molecule has 4 rings (SSSR count). The quantitative estimate of drug-likeness (QED) is 0.882. The maximum Gasteiger partial charge on any atom is 0.319 e. The highest BCUT2D eigenvalue weighted by Gasteiger charge is 2.45. The van der Waals surface area contributed by atoms with Crippen LogP contribution < -0.4 is 10.6 Å². The van der Waals surface area contributed by atoms with E-state index in [4.69, 9.17) is 0 Å². The number of nitrogens with one attached hydrogen (secondary N) is 2. The Balaban J connectivity index is 1.38. The zero-order valence-corrected chi connectivity index (χ0v) is 14.8. The standard InChI is InChI=1S/C20H29N3O/c1-13-5-3-6-14(2)19(13)22-20(24)21-15-11-17-7-4-8-18(12-15)23(17)16-9-10-16/h3,5-6,15-18H,4,7-12H2,1-2H3,(H2,21,22,24)/t17-,18-/m1/s1. The van der Waals surface area contributed by atoms with Gasteiger partial charge in [0.2, 0.25) is 0 Å². The van der Waals surface area contributed by atoms with Gasteiger partial charge in [0.1, 0.15) is 0 Å². The molecule has 2 amide bonds. The number of urea groups is 1. The van der Waals surface area contributed by atoms with Crippen molar-refractivity contribution < 1.29 is 4.79 Å². The van der Waals surface area contributed by atoms with Crippen molar-refractivity contribution in [3.63, 3.8) is 0 Å². The molecule has 2 heterocycles. The summed E-state index contributed by atoms with van der Waals surface area (Å²) in [6.45, 7) is 4.09. The van der Waals surface area contributed by atoms with E-state index in [1.54, 1.807) is 0 Å². The van der Waals surface area contributed by atoms with Gasteiger partial charge in [0.05, 0.1) is 0 Å². The average Bonchev–Trinajstić information content (AvgIpc) is 3.35. The number of hydrogen-bond acceptors (Lipinski definition) is 2. The molecule has 130 valence electrons. The molecule has 1 aromatic rings. The molecule has 2 N–H and O–H groups in total.